The molecule has 0 amide bonds. The first-order valence-corrected chi connectivity index (χ1v) is 11.1. The molecule has 1 aromatic heterocycles. The van der Waals surface area contributed by atoms with Crippen molar-refractivity contribution in [2.75, 3.05) is 12.4 Å². The van der Waals surface area contributed by atoms with Crippen LogP contribution in [0.3, 0.4) is 0 Å². The number of aryl methyl sites for hydroxylation is 1. The lowest BCUT2D eigenvalue weighted by atomic mass is 10.1. The molecule has 1 heterocycles. The van der Waals surface area contributed by atoms with Crippen LogP contribution in [0.2, 0.25) is 0 Å². The number of anilines is 1. The first kappa shape index (κ1) is 20.8. The Bertz CT molecular complexity index is 1340. The van der Waals surface area contributed by atoms with Gasteiger partial charge in [0.05, 0.1) is 23.2 Å². The average molecular weight is 437 g/mol. The number of nitrogens with one attached hydrogen (secondary N) is 1. The van der Waals surface area contributed by atoms with Gasteiger partial charge in [-0.15, -0.1) is 0 Å². The van der Waals surface area contributed by atoms with E-state index in [4.69, 9.17) is 4.74 Å². The summed E-state index contributed by atoms with van der Waals surface area (Å²) in [7, 11) is -2.40. The van der Waals surface area contributed by atoms with Crippen LogP contribution in [0.15, 0.2) is 82.7 Å². The number of aromatic nitrogens is 1. The standard InChI is InChI=1S/C24H21FN2O3S/c1-16-3-5-17(6-4-16)14-27-24-21-13-18(25)7-12-22(21)26-15-23(24)31(28,29)20-10-8-19(30-2)9-11-20/h3-13,15H,14H2,1-2H3,(H,26,27). The van der Waals surface area contributed by atoms with Crippen LogP contribution in [0.25, 0.3) is 10.9 Å². The summed E-state index contributed by atoms with van der Waals surface area (Å²) in [5.74, 6) is 0.0852. The monoisotopic (exact) mass is 436 g/mol. The molecule has 0 spiro atoms. The van der Waals surface area contributed by atoms with Gasteiger partial charge in [0.2, 0.25) is 9.84 Å². The number of hydrogen-bond acceptors (Lipinski definition) is 5. The normalized spacial score (nSPS) is 11.5. The zero-order chi connectivity index (χ0) is 22.0. The van der Waals surface area contributed by atoms with Crippen molar-refractivity contribution in [2.24, 2.45) is 0 Å². The number of hydrogen-bond donors (Lipinski definition) is 1. The van der Waals surface area contributed by atoms with Crippen LogP contribution in [0.5, 0.6) is 5.75 Å². The Morgan fingerprint density at radius 1 is 1.00 bits per heavy atom. The molecule has 1 N–H and O–H groups in total. The molecule has 4 rings (SSSR count). The molecule has 7 heteroatoms. The van der Waals surface area contributed by atoms with E-state index in [0.29, 0.717) is 28.9 Å². The largest absolute Gasteiger partial charge is 0.497 e. The van der Waals surface area contributed by atoms with E-state index in [1.54, 1.807) is 12.1 Å². The molecule has 0 aliphatic heterocycles. The number of halogens is 1. The highest BCUT2D eigenvalue weighted by Gasteiger charge is 2.24. The minimum absolute atomic E-state index is 0.0112. The van der Waals surface area contributed by atoms with Gasteiger partial charge in [0.15, 0.2) is 0 Å². The summed E-state index contributed by atoms with van der Waals surface area (Å²) >= 11 is 0. The molecule has 0 fully saturated rings. The van der Waals surface area contributed by atoms with Crippen LogP contribution in [0.4, 0.5) is 10.1 Å². The van der Waals surface area contributed by atoms with Crippen molar-refractivity contribution in [2.45, 2.75) is 23.3 Å². The summed E-state index contributed by atoms with van der Waals surface area (Å²) in [4.78, 5) is 4.35. The smallest absolute Gasteiger partial charge is 0.210 e. The summed E-state index contributed by atoms with van der Waals surface area (Å²) in [6.45, 7) is 2.37. The van der Waals surface area contributed by atoms with Crippen LogP contribution in [-0.4, -0.2) is 20.5 Å². The topological polar surface area (TPSA) is 68.3 Å². The zero-order valence-corrected chi connectivity index (χ0v) is 17.9. The van der Waals surface area contributed by atoms with Crippen molar-refractivity contribution >= 4 is 26.4 Å². The van der Waals surface area contributed by atoms with Crippen molar-refractivity contribution in [1.29, 1.82) is 0 Å². The Labute approximate surface area is 180 Å². The van der Waals surface area contributed by atoms with E-state index in [2.05, 4.69) is 10.3 Å². The molecular weight excluding hydrogens is 415 g/mol. The lowest BCUT2D eigenvalue weighted by Gasteiger charge is -2.16. The summed E-state index contributed by atoms with van der Waals surface area (Å²) in [6.07, 6.45) is 1.32. The molecule has 0 saturated heterocycles. The number of nitrogens with zero attached hydrogens (tertiary/aromatic N) is 1. The van der Waals surface area contributed by atoms with E-state index in [1.807, 2.05) is 31.2 Å². The molecule has 158 valence electrons. The number of methoxy groups -OCH3 is 1. The van der Waals surface area contributed by atoms with E-state index < -0.39 is 15.7 Å². The van der Waals surface area contributed by atoms with Gasteiger partial charge in [-0.25, -0.2) is 12.8 Å². The number of pyridine rings is 1. The van der Waals surface area contributed by atoms with Gasteiger partial charge in [-0.05, 0) is 55.0 Å². The van der Waals surface area contributed by atoms with Crippen LogP contribution in [-0.2, 0) is 16.4 Å². The Hall–Kier alpha value is -3.45. The Kier molecular flexibility index (Phi) is 5.61. The maximum Gasteiger partial charge on any atom is 0.210 e. The highest BCUT2D eigenvalue weighted by Crippen LogP contribution is 2.34. The van der Waals surface area contributed by atoms with Gasteiger partial charge in [0.25, 0.3) is 0 Å². The number of sulfone groups is 1. The van der Waals surface area contributed by atoms with E-state index >= 15 is 0 Å². The summed E-state index contributed by atoms with van der Waals surface area (Å²) in [5, 5.41) is 3.61. The zero-order valence-electron chi connectivity index (χ0n) is 17.1. The van der Waals surface area contributed by atoms with Crippen molar-refractivity contribution in [3.05, 3.63) is 89.9 Å². The first-order chi connectivity index (χ1) is 14.9. The second-order valence-corrected chi connectivity index (χ2v) is 9.10. The minimum atomic E-state index is -3.91. The van der Waals surface area contributed by atoms with Gasteiger partial charge >= 0.3 is 0 Å². The highest BCUT2D eigenvalue weighted by atomic mass is 32.2. The van der Waals surface area contributed by atoms with Gasteiger partial charge < -0.3 is 10.1 Å². The van der Waals surface area contributed by atoms with E-state index in [0.717, 1.165) is 11.1 Å². The minimum Gasteiger partial charge on any atom is -0.497 e. The van der Waals surface area contributed by atoms with Crippen molar-refractivity contribution in [3.63, 3.8) is 0 Å². The maximum absolute atomic E-state index is 14.0. The van der Waals surface area contributed by atoms with Gasteiger partial charge in [-0.3, -0.25) is 4.98 Å². The van der Waals surface area contributed by atoms with Crippen molar-refractivity contribution < 1.29 is 17.5 Å². The fourth-order valence-corrected chi connectivity index (χ4v) is 4.70. The quantitative estimate of drug-likeness (QED) is 0.454. The second-order valence-electron chi connectivity index (χ2n) is 7.18. The van der Waals surface area contributed by atoms with E-state index in [9.17, 15) is 12.8 Å². The first-order valence-electron chi connectivity index (χ1n) is 9.65. The van der Waals surface area contributed by atoms with E-state index in [1.165, 1.54) is 43.6 Å². The number of rotatable bonds is 6. The number of ether oxygens (including phenoxy) is 1. The third-order valence-corrected chi connectivity index (χ3v) is 6.83. The van der Waals surface area contributed by atoms with Crippen molar-refractivity contribution in [1.82, 2.24) is 4.98 Å². The molecular formula is C24H21FN2O3S. The maximum atomic E-state index is 14.0. The molecule has 0 saturated carbocycles. The molecule has 0 radical (unpaired) electrons. The van der Waals surface area contributed by atoms with E-state index in [-0.39, 0.29) is 9.79 Å². The molecule has 3 aromatic carbocycles. The average Bonchev–Trinajstić information content (AvgIpc) is 2.78. The summed E-state index contributed by atoms with van der Waals surface area (Å²) in [5.41, 5.74) is 2.92. The molecule has 0 atom stereocenters. The lowest BCUT2D eigenvalue weighted by Crippen LogP contribution is -2.10. The Balaban J connectivity index is 1.83. The highest BCUT2D eigenvalue weighted by molar-refractivity contribution is 7.91. The molecule has 5 nitrogen and oxygen atoms in total. The molecule has 0 aliphatic rings. The SMILES string of the molecule is COc1ccc(S(=O)(=O)c2cnc3ccc(F)cc3c2NCc2ccc(C)cc2)cc1. The fourth-order valence-electron chi connectivity index (χ4n) is 3.31. The third-order valence-electron chi connectivity index (χ3n) is 5.04. The third kappa shape index (κ3) is 4.22. The van der Waals surface area contributed by atoms with Gasteiger partial charge in [-0.1, -0.05) is 29.8 Å². The molecule has 0 unspecified atom stereocenters. The molecule has 31 heavy (non-hydrogen) atoms. The van der Waals surface area contributed by atoms with Crippen LogP contribution < -0.4 is 10.1 Å². The van der Waals surface area contributed by atoms with Crippen LogP contribution in [0, 0.1) is 12.7 Å². The molecule has 4 aromatic rings. The predicted octanol–water partition coefficient (Wildman–Crippen LogP) is 5.14. The number of fused-ring (bicyclic) bond motifs is 1. The van der Waals surface area contributed by atoms with Crippen LogP contribution >= 0.6 is 0 Å². The molecule has 0 aliphatic carbocycles. The second kappa shape index (κ2) is 8.35. The van der Waals surface area contributed by atoms with Crippen LogP contribution in [0.1, 0.15) is 11.1 Å². The Morgan fingerprint density at radius 2 is 1.71 bits per heavy atom. The van der Waals surface area contributed by atoms with Gasteiger partial charge in [0.1, 0.15) is 16.5 Å². The summed E-state index contributed by atoms with van der Waals surface area (Å²) < 4.78 is 46.0. The van der Waals surface area contributed by atoms with Crippen molar-refractivity contribution in [3.8, 4) is 5.75 Å². The van der Waals surface area contributed by atoms with Gasteiger partial charge in [-0.2, -0.15) is 0 Å². The fraction of sp³-hybridized carbons (Fsp3) is 0.125. The molecule has 0 bridgehead atoms. The number of benzene rings is 3. The lowest BCUT2D eigenvalue weighted by molar-refractivity contribution is 0.414. The predicted molar refractivity (Wildman–Crippen MR) is 119 cm³/mol. The summed E-state index contributed by atoms with van der Waals surface area (Å²) in [6, 6.07) is 18.2. The Morgan fingerprint density at radius 3 is 2.39 bits per heavy atom. The van der Waals surface area contributed by atoms with Gasteiger partial charge in [0, 0.05) is 18.1 Å².